The highest BCUT2D eigenvalue weighted by Gasteiger charge is 2.28. The lowest BCUT2D eigenvalue weighted by molar-refractivity contribution is -0.0456. The van der Waals surface area contributed by atoms with Gasteiger partial charge in [0.05, 0.1) is 24.9 Å². The number of nitrogens with one attached hydrogen (secondary N) is 1. The average Bonchev–Trinajstić information content (AvgIpc) is 2.89. The number of nitrogens with two attached hydrogens (primary N) is 1. The van der Waals surface area contributed by atoms with Crippen LogP contribution in [-0.4, -0.2) is 47.0 Å². The van der Waals surface area contributed by atoms with Crippen molar-refractivity contribution in [2.45, 2.75) is 39.0 Å². The Morgan fingerprint density at radius 1 is 1.58 bits per heavy atom. The van der Waals surface area contributed by atoms with Crippen LogP contribution in [0.3, 0.4) is 0 Å². The topological polar surface area (TPSA) is 68.3 Å². The minimum Gasteiger partial charge on any atom is -0.374 e. The quantitative estimate of drug-likeness (QED) is 0.581. The molecule has 1 aliphatic heterocycles. The Morgan fingerprint density at radius 3 is 3.11 bits per heavy atom. The molecule has 1 fully saturated rings. The van der Waals surface area contributed by atoms with Gasteiger partial charge in [0.15, 0.2) is 0 Å². The molecule has 6 heteroatoms. The zero-order valence-electron chi connectivity index (χ0n) is 11.9. The molecule has 0 saturated carbocycles. The summed E-state index contributed by atoms with van der Waals surface area (Å²) in [6.45, 7) is 8.97. The van der Waals surface area contributed by atoms with Crippen molar-refractivity contribution < 1.29 is 4.74 Å². The zero-order valence-corrected chi connectivity index (χ0v) is 11.9. The fraction of sp³-hybridized carbons (Fsp3) is 0.769. The van der Waals surface area contributed by atoms with Crippen LogP contribution in [0, 0.1) is 0 Å². The fourth-order valence-corrected chi connectivity index (χ4v) is 2.53. The van der Waals surface area contributed by atoms with Crippen LogP contribution in [0.5, 0.6) is 0 Å². The van der Waals surface area contributed by atoms with Gasteiger partial charge in [-0.1, -0.05) is 13.8 Å². The Morgan fingerprint density at radius 2 is 2.42 bits per heavy atom. The van der Waals surface area contributed by atoms with Crippen molar-refractivity contribution in [1.82, 2.24) is 20.1 Å². The second-order valence-electron chi connectivity index (χ2n) is 4.98. The number of likely N-dealkylation sites (N-methyl/N-ethyl adjacent to an activating group) is 1. The summed E-state index contributed by atoms with van der Waals surface area (Å²) in [5, 5.41) is 4.36. The van der Waals surface area contributed by atoms with Crippen LogP contribution < -0.4 is 11.3 Å². The molecule has 2 rings (SSSR count). The summed E-state index contributed by atoms with van der Waals surface area (Å²) < 4.78 is 7.82. The molecule has 108 valence electrons. The molecule has 0 radical (unpaired) electrons. The first-order valence-electron chi connectivity index (χ1n) is 7.10. The summed E-state index contributed by atoms with van der Waals surface area (Å²) in [5.74, 6) is 5.72. The van der Waals surface area contributed by atoms with Crippen LogP contribution in [0.15, 0.2) is 12.4 Å². The Hall–Kier alpha value is -0.950. The van der Waals surface area contributed by atoms with E-state index in [9.17, 15) is 0 Å². The molecule has 0 spiro atoms. The first-order valence-corrected chi connectivity index (χ1v) is 7.10. The van der Waals surface area contributed by atoms with Crippen molar-refractivity contribution in [1.29, 1.82) is 0 Å². The summed E-state index contributed by atoms with van der Waals surface area (Å²) in [6.07, 6.45) is 5.10. The van der Waals surface area contributed by atoms with Crippen LogP contribution in [0.25, 0.3) is 0 Å². The molecule has 0 aromatic carbocycles. The minimum atomic E-state index is -0.0000406. The second kappa shape index (κ2) is 7.00. The van der Waals surface area contributed by atoms with E-state index in [1.807, 2.05) is 10.9 Å². The minimum absolute atomic E-state index is 0.0000406. The number of nitrogens with zero attached hydrogens (tertiary/aromatic N) is 3. The largest absolute Gasteiger partial charge is 0.374 e. The summed E-state index contributed by atoms with van der Waals surface area (Å²) in [5.41, 5.74) is 3.98. The third kappa shape index (κ3) is 3.54. The smallest absolute Gasteiger partial charge is 0.0911 e. The van der Waals surface area contributed by atoms with E-state index in [0.717, 1.165) is 44.8 Å². The van der Waals surface area contributed by atoms with Crippen LogP contribution in [-0.2, 0) is 11.3 Å². The van der Waals surface area contributed by atoms with Crippen molar-refractivity contribution in [2.75, 3.05) is 26.2 Å². The summed E-state index contributed by atoms with van der Waals surface area (Å²) in [4.78, 5) is 2.38. The maximum absolute atomic E-state index is 5.87. The highest BCUT2D eigenvalue weighted by atomic mass is 16.5. The normalized spacial score (nSPS) is 22.6. The second-order valence-corrected chi connectivity index (χ2v) is 4.98. The van der Waals surface area contributed by atoms with Crippen molar-refractivity contribution in [2.24, 2.45) is 5.84 Å². The van der Waals surface area contributed by atoms with E-state index in [2.05, 4.69) is 35.5 Å². The lowest BCUT2D eigenvalue weighted by atomic mass is 10.0. The van der Waals surface area contributed by atoms with Crippen molar-refractivity contribution >= 4 is 0 Å². The number of ether oxygens (including phenoxy) is 1. The van der Waals surface area contributed by atoms with E-state index in [-0.39, 0.29) is 12.1 Å². The molecule has 2 heterocycles. The number of morpholine rings is 1. The van der Waals surface area contributed by atoms with Crippen molar-refractivity contribution in [3.8, 4) is 0 Å². The summed E-state index contributed by atoms with van der Waals surface area (Å²) >= 11 is 0. The summed E-state index contributed by atoms with van der Waals surface area (Å²) in [7, 11) is 0. The van der Waals surface area contributed by atoms with Gasteiger partial charge in [0.25, 0.3) is 0 Å². The number of rotatable bonds is 6. The highest BCUT2D eigenvalue weighted by molar-refractivity contribution is 5.13. The number of aromatic nitrogens is 2. The molecule has 6 nitrogen and oxygen atoms in total. The Balaban J connectivity index is 2.05. The summed E-state index contributed by atoms with van der Waals surface area (Å²) in [6, 6.07) is -0.0000406. The Labute approximate surface area is 114 Å². The van der Waals surface area contributed by atoms with Gasteiger partial charge in [-0.2, -0.15) is 5.10 Å². The van der Waals surface area contributed by atoms with E-state index in [1.165, 1.54) is 0 Å². The first kappa shape index (κ1) is 14.5. The molecular weight excluding hydrogens is 242 g/mol. The van der Waals surface area contributed by atoms with Gasteiger partial charge in [-0.25, -0.2) is 0 Å². The van der Waals surface area contributed by atoms with Crippen LogP contribution in [0.2, 0.25) is 0 Å². The molecule has 1 aliphatic rings. The molecule has 0 amide bonds. The lowest BCUT2D eigenvalue weighted by Gasteiger charge is -2.35. The van der Waals surface area contributed by atoms with E-state index in [0.29, 0.717) is 0 Å². The maximum Gasteiger partial charge on any atom is 0.0911 e. The molecule has 2 unspecified atom stereocenters. The van der Waals surface area contributed by atoms with Gasteiger partial charge >= 0.3 is 0 Å². The number of hydrazine groups is 1. The number of hydrogen-bond donors (Lipinski definition) is 2. The van der Waals surface area contributed by atoms with Gasteiger partial charge in [-0.05, 0) is 13.0 Å². The molecule has 3 N–H and O–H groups in total. The standard InChI is InChI=1S/C13H25N5O/c1-3-5-18-9-11(8-15-18)13(16-14)12-10-17(4-2)6-7-19-12/h8-9,12-13,16H,3-7,10,14H2,1-2H3. The number of aryl methyl sites for hydroxylation is 1. The van der Waals surface area contributed by atoms with Gasteiger partial charge in [-0.15, -0.1) is 0 Å². The molecule has 1 saturated heterocycles. The van der Waals surface area contributed by atoms with E-state index >= 15 is 0 Å². The van der Waals surface area contributed by atoms with Crippen molar-refractivity contribution in [3.05, 3.63) is 18.0 Å². The van der Waals surface area contributed by atoms with Crippen molar-refractivity contribution in [3.63, 3.8) is 0 Å². The zero-order chi connectivity index (χ0) is 13.7. The molecule has 2 atom stereocenters. The van der Waals surface area contributed by atoms with Crippen LogP contribution in [0.4, 0.5) is 0 Å². The molecule has 19 heavy (non-hydrogen) atoms. The monoisotopic (exact) mass is 267 g/mol. The number of hydrogen-bond acceptors (Lipinski definition) is 5. The molecule has 0 bridgehead atoms. The van der Waals surface area contributed by atoms with Gasteiger partial charge in [-0.3, -0.25) is 20.9 Å². The maximum atomic E-state index is 5.87. The van der Waals surface area contributed by atoms with Gasteiger partial charge < -0.3 is 4.74 Å². The molecule has 0 aliphatic carbocycles. The predicted octanol–water partition coefficient (Wildman–Crippen LogP) is 0.518. The first-order chi connectivity index (χ1) is 9.28. The van der Waals surface area contributed by atoms with Crippen LogP contribution in [0.1, 0.15) is 31.9 Å². The molecular formula is C13H25N5O. The van der Waals surface area contributed by atoms with Gasteiger partial charge in [0, 0.05) is 31.4 Å². The van der Waals surface area contributed by atoms with E-state index in [4.69, 9.17) is 10.6 Å². The Bertz CT molecular complexity index is 381. The third-order valence-corrected chi connectivity index (χ3v) is 3.64. The van der Waals surface area contributed by atoms with Gasteiger partial charge in [0.2, 0.25) is 0 Å². The van der Waals surface area contributed by atoms with Crippen LogP contribution >= 0.6 is 0 Å². The van der Waals surface area contributed by atoms with Gasteiger partial charge in [0.1, 0.15) is 0 Å². The van der Waals surface area contributed by atoms with E-state index in [1.54, 1.807) is 0 Å². The van der Waals surface area contributed by atoms with E-state index < -0.39 is 0 Å². The third-order valence-electron chi connectivity index (χ3n) is 3.64. The highest BCUT2D eigenvalue weighted by Crippen LogP contribution is 2.21. The predicted molar refractivity (Wildman–Crippen MR) is 74.4 cm³/mol. The SMILES string of the molecule is CCCn1cc(C(NN)C2CN(CC)CCO2)cn1. The fourth-order valence-electron chi connectivity index (χ4n) is 2.53. The lowest BCUT2D eigenvalue weighted by Crippen LogP contribution is -2.49. The average molecular weight is 267 g/mol. The molecule has 1 aromatic rings. The molecule has 1 aromatic heterocycles. The Kier molecular flexibility index (Phi) is 5.33.